The van der Waals surface area contributed by atoms with Crippen LogP contribution in [-0.2, 0) is 0 Å². The van der Waals surface area contributed by atoms with Crippen LogP contribution in [0.4, 0.5) is 0 Å². The minimum absolute atomic E-state index is 0.0938. The standard InChI is InChI=1S/C14H12N4O2/c1-7-10(6-15)13(16)20-14-11(7)12(17-18-14)8-2-4-9(19)5-3-8/h2-5,7,19H,16H2,1H3,(H,17,18)/t7-/m1/s1. The van der Waals surface area contributed by atoms with Gasteiger partial charge in [0, 0.05) is 11.5 Å². The molecule has 6 nitrogen and oxygen atoms in total. The maximum atomic E-state index is 9.34. The molecule has 1 aliphatic rings. The van der Waals surface area contributed by atoms with Crippen molar-refractivity contribution in [2.24, 2.45) is 5.73 Å². The lowest BCUT2D eigenvalue weighted by Gasteiger charge is -2.20. The van der Waals surface area contributed by atoms with E-state index in [1.165, 1.54) is 0 Å². The highest BCUT2D eigenvalue weighted by Gasteiger charge is 2.31. The van der Waals surface area contributed by atoms with Gasteiger partial charge < -0.3 is 15.6 Å². The van der Waals surface area contributed by atoms with E-state index in [1.54, 1.807) is 24.3 Å². The van der Waals surface area contributed by atoms with E-state index in [0.29, 0.717) is 11.5 Å². The Bertz CT molecular complexity index is 738. The summed E-state index contributed by atoms with van der Waals surface area (Å²) in [6.45, 7) is 1.88. The summed E-state index contributed by atoms with van der Waals surface area (Å²) in [4.78, 5) is 0. The number of benzene rings is 1. The van der Waals surface area contributed by atoms with Crippen molar-refractivity contribution < 1.29 is 9.84 Å². The molecule has 1 aliphatic heterocycles. The molecule has 6 heteroatoms. The van der Waals surface area contributed by atoms with Gasteiger partial charge in [-0.2, -0.15) is 5.26 Å². The number of fused-ring (bicyclic) bond motifs is 1. The van der Waals surface area contributed by atoms with Gasteiger partial charge in [0.1, 0.15) is 11.8 Å². The Morgan fingerprint density at radius 2 is 2.10 bits per heavy atom. The summed E-state index contributed by atoms with van der Waals surface area (Å²) in [5, 5.41) is 25.5. The molecule has 0 bridgehead atoms. The molecule has 0 saturated carbocycles. The van der Waals surface area contributed by atoms with Gasteiger partial charge in [0.2, 0.25) is 11.8 Å². The van der Waals surface area contributed by atoms with Crippen LogP contribution in [0.2, 0.25) is 0 Å². The molecule has 1 aromatic heterocycles. The maximum absolute atomic E-state index is 9.34. The second-order valence-electron chi connectivity index (χ2n) is 4.58. The number of H-pyrrole nitrogens is 1. The fraction of sp³-hybridized carbons (Fsp3) is 0.143. The van der Waals surface area contributed by atoms with E-state index in [2.05, 4.69) is 16.3 Å². The average molecular weight is 268 g/mol. The molecule has 0 aliphatic carbocycles. The Hall–Kier alpha value is -2.94. The molecule has 4 N–H and O–H groups in total. The number of nitrogens with zero attached hydrogens (tertiary/aromatic N) is 2. The van der Waals surface area contributed by atoms with Gasteiger partial charge in [-0.05, 0) is 24.3 Å². The zero-order valence-corrected chi connectivity index (χ0v) is 10.7. The smallest absolute Gasteiger partial charge is 0.244 e. The quantitative estimate of drug-likeness (QED) is 0.732. The number of hydrogen-bond donors (Lipinski definition) is 3. The zero-order chi connectivity index (χ0) is 14.3. The summed E-state index contributed by atoms with van der Waals surface area (Å²) in [6, 6.07) is 8.78. The second-order valence-corrected chi connectivity index (χ2v) is 4.58. The SMILES string of the molecule is C[C@@H]1C(C#N)=C(N)Oc2n[nH]c(-c3ccc(O)cc3)c21. The van der Waals surface area contributed by atoms with Crippen LogP contribution in [0, 0.1) is 11.3 Å². The van der Waals surface area contributed by atoms with Crippen molar-refractivity contribution >= 4 is 0 Å². The van der Waals surface area contributed by atoms with Crippen LogP contribution in [-0.4, -0.2) is 15.3 Å². The predicted molar refractivity (Wildman–Crippen MR) is 71.6 cm³/mol. The summed E-state index contributed by atoms with van der Waals surface area (Å²) >= 11 is 0. The lowest BCUT2D eigenvalue weighted by molar-refractivity contribution is 0.377. The van der Waals surface area contributed by atoms with Crippen LogP contribution < -0.4 is 10.5 Å². The van der Waals surface area contributed by atoms with Gasteiger partial charge in [0.05, 0.1) is 16.8 Å². The van der Waals surface area contributed by atoms with E-state index in [-0.39, 0.29) is 17.6 Å². The van der Waals surface area contributed by atoms with Crippen molar-refractivity contribution in [1.29, 1.82) is 5.26 Å². The van der Waals surface area contributed by atoms with Crippen LogP contribution in [0.15, 0.2) is 35.7 Å². The number of nitriles is 1. The van der Waals surface area contributed by atoms with E-state index in [1.807, 2.05) is 6.92 Å². The van der Waals surface area contributed by atoms with Crippen LogP contribution in [0.1, 0.15) is 18.4 Å². The first-order valence-corrected chi connectivity index (χ1v) is 6.07. The maximum Gasteiger partial charge on any atom is 0.244 e. The summed E-state index contributed by atoms with van der Waals surface area (Å²) in [5.74, 6) is 0.466. The lowest BCUT2D eigenvalue weighted by Crippen LogP contribution is -2.18. The molecule has 100 valence electrons. The Labute approximate surface area is 115 Å². The number of aromatic amines is 1. The van der Waals surface area contributed by atoms with E-state index in [4.69, 9.17) is 15.7 Å². The van der Waals surface area contributed by atoms with Gasteiger partial charge in [-0.25, -0.2) is 0 Å². The molecule has 1 atom stereocenters. The Balaban J connectivity index is 2.13. The number of rotatable bonds is 1. The summed E-state index contributed by atoms with van der Waals surface area (Å²) < 4.78 is 5.37. The molecular formula is C14H12N4O2. The van der Waals surface area contributed by atoms with E-state index < -0.39 is 0 Å². The lowest BCUT2D eigenvalue weighted by atomic mass is 9.90. The first-order valence-electron chi connectivity index (χ1n) is 6.07. The van der Waals surface area contributed by atoms with Gasteiger partial charge in [-0.3, -0.25) is 5.10 Å². The minimum Gasteiger partial charge on any atom is -0.508 e. The number of nitrogens with one attached hydrogen (secondary N) is 1. The molecule has 0 spiro atoms. The third-order valence-electron chi connectivity index (χ3n) is 3.38. The van der Waals surface area contributed by atoms with Crippen LogP contribution >= 0.6 is 0 Å². The van der Waals surface area contributed by atoms with Crippen LogP contribution in [0.25, 0.3) is 11.3 Å². The summed E-state index contributed by atoms with van der Waals surface area (Å²) in [7, 11) is 0. The number of aromatic hydroxyl groups is 1. The number of ether oxygens (including phenoxy) is 1. The van der Waals surface area contributed by atoms with E-state index >= 15 is 0 Å². The van der Waals surface area contributed by atoms with Gasteiger partial charge in [-0.15, -0.1) is 5.10 Å². The average Bonchev–Trinajstić information content (AvgIpc) is 2.84. The third kappa shape index (κ3) is 1.68. The van der Waals surface area contributed by atoms with Gasteiger partial charge in [-0.1, -0.05) is 6.92 Å². The molecule has 2 heterocycles. The van der Waals surface area contributed by atoms with Crippen molar-refractivity contribution in [1.82, 2.24) is 10.2 Å². The van der Waals surface area contributed by atoms with Crippen molar-refractivity contribution in [2.45, 2.75) is 12.8 Å². The van der Waals surface area contributed by atoms with Crippen molar-refractivity contribution in [2.75, 3.05) is 0 Å². The molecule has 2 aromatic rings. The Kier molecular flexibility index (Phi) is 2.61. The minimum atomic E-state index is -0.202. The van der Waals surface area contributed by atoms with Crippen LogP contribution in [0.3, 0.4) is 0 Å². The highest BCUT2D eigenvalue weighted by molar-refractivity contribution is 5.69. The van der Waals surface area contributed by atoms with Gasteiger partial charge in [0.25, 0.3) is 0 Å². The normalized spacial score (nSPS) is 17.3. The number of nitrogens with two attached hydrogens (primary N) is 1. The molecule has 0 radical (unpaired) electrons. The fourth-order valence-corrected chi connectivity index (χ4v) is 2.33. The largest absolute Gasteiger partial charge is 0.508 e. The number of aromatic nitrogens is 2. The molecule has 1 aromatic carbocycles. The monoisotopic (exact) mass is 268 g/mol. The summed E-state index contributed by atoms with van der Waals surface area (Å²) in [5.41, 5.74) is 8.50. The highest BCUT2D eigenvalue weighted by atomic mass is 16.5. The molecule has 0 saturated heterocycles. The van der Waals surface area contributed by atoms with Crippen molar-refractivity contribution in [3.05, 3.63) is 41.3 Å². The first-order chi connectivity index (χ1) is 9.61. The number of phenolic OH excluding ortho intramolecular Hbond substituents is 1. The van der Waals surface area contributed by atoms with Gasteiger partial charge >= 0.3 is 0 Å². The zero-order valence-electron chi connectivity index (χ0n) is 10.7. The molecular weight excluding hydrogens is 256 g/mol. The molecule has 3 rings (SSSR count). The second kappa shape index (κ2) is 4.31. The molecule has 0 unspecified atom stereocenters. The fourth-order valence-electron chi connectivity index (χ4n) is 2.33. The van der Waals surface area contributed by atoms with E-state index in [0.717, 1.165) is 16.8 Å². The van der Waals surface area contributed by atoms with Gasteiger partial charge in [0.15, 0.2) is 0 Å². The first kappa shape index (κ1) is 12.1. The van der Waals surface area contributed by atoms with E-state index in [9.17, 15) is 5.11 Å². The number of allylic oxidation sites excluding steroid dienone is 1. The highest BCUT2D eigenvalue weighted by Crippen LogP contribution is 2.41. The van der Waals surface area contributed by atoms with Crippen molar-refractivity contribution in [3.63, 3.8) is 0 Å². The Morgan fingerprint density at radius 3 is 2.75 bits per heavy atom. The summed E-state index contributed by atoms with van der Waals surface area (Å²) in [6.07, 6.45) is 0. The topological polar surface area (TPSA) is 108 Å². The molecule has 20 heavy (non-hydrogen) atoms. The Morgan fingerprint density at radius 1 is 1.40 bits per heavy atom. The number of hydrogen-bond acceptors (Lipinski definition) is 5. The number of phenols is 1. The predicted octanol–water partition coefficient (Wildman–Crippen LogP) is 1.97. The van der Waals surface area contributed by atoms with Crippen LogP contribution in [0.5, 0.6) is 11.6 Å². The molecule has 0 fully saturated rings. The van der Waals surface area contributed by atoms with Crippen molar-refractivity contribution in [3.8, 4) is 29.0 Å². The third-order valence-corrected chi connectivity index (χ3v) is 3.38. The molecule has 0 amide bonds.